The zero-order valence-corrected chi connectivity index (χ0v) is 21.7. The molecule has 4 N–H and O–H groups in total. The molecule has 4 amide bonds. The van der Waals surface area contributed by atoms with Crippen molar-refractivity contribution in [1.29, 1.82) is 0 Å². The predicted molar refractivity (Wildman–Crippen MR) is 140 cm³/mol. The van der Waals surface area contributed by atoms with Gasteiger partial charge < -0.3 is 26.0 Å². The molecule has 0 aliphatic carbocycles. The molecule has 0 saturated carbocycles. The molecule has 38 heavy (non-hydrogen) atoms. The molecule has 10 heteroatoms. The van der Waals surface area contributed by atoms with Crippen LogP contribution in [0.2, 0.25) is 0 Å². The third kappa shape index (κ3) is 8.57. The second-order valence-corrected chi connectivity index (χ2v) is 9.52. The van der Waals surface area contributed by atoms with Gasteiger partial charge in [0, 0.05) is 25.9 Å². The fraction of sp³-hybridized carbons (Fsp3) is 0.429. The van der Waals surface area contributed by atoms with E-state index in [9.17, 15) is 23.6 Å². The lowest BCUT2D eigenvalue weighted by molar-refractivity contribution is -0.124. The number of carbonyl (C=O) groups is 4. The summed E-state index contributed by atoms with van der Waals surface area (Å²) in [5, 5.41) is 11.0. The first-order valence-corrected chi connectivity index (χ1v) is 12.8. The first-order valence-electron chi connectivity index (χ1n) is 12.8. The molecule has 0 spiro atoms. The number of para-hydroxylation sites is 1. The molecule has 2 aromatic rings. The van der Waals surface area contributed by atoms with Crippen molar-refractivity contribution in [2.24, 2.45) is 5.92 Å². The molecular weight excluding hydrogens is 491 g/mol. The highest BCUT2D eigenvalue weighted by Crippen LogP contribution is 2.19. The van der Waals surface area contributed by atoms with E-state index in [2.05, 4.69) is 21.3 Å². The van der Waals surface area contributed by atoms with Crippen molar-refractivity contribution in [3.63, 3.8) is 0 Å². The van der Waals surface area contributed by atoms with Gasteiger partial charge in [-0.1, -0.05) is 44.2 Å². The lowest BCUT2D eigenvalue weighted by Crippen LogP contribution is -2.48. The number of fused-ring (bicyclic) bond motifs is 1. The van der Waals surface area contributed by atoms with E-state index in [0.717, 1.165) is 0 Å². The molecule has 0 aromatic heterocycles. The Morgan fingerprint density at radius 2 is 1.76 bits per heavy atom. The molecule has 0 bridgehead atoms. The maximum absolute atomic E-state index is 13.9. The Labute approximate surface area is 221 Å². The van der Waals surface area contributed by atoms with Crippen LogP contribution >= 0.6 is 0 Å². The maximum Gasteiger partial charge on any atom is 0.255 e. The molecule has 1 heterocycles. The Balaban J connectivity index is 1.76. The normalized spacial score (nSPS) is 19.4. The average molecular weight is 527 g/mol. The molecule has 2 aromatic carbocycles. The number of nitrogens with one attached hydrogen (secondary N) is 4. The molecule has 0 radical (unpaired) electrons. The van der Waals surface area contributed by atoms with E-state index in [4.69, 9.17) is 4.74 Å². The summed E-state index contributed by atoms with van der Waals surface area (Å²) in [5.74, 6) is -1.57. The van der Waals surface area contributed by atoms with Gasteiger partial charge in [-0.05, 0) is 42.5 Å². The number of ether oxygens (including phenoxy) is 1. The summed E-state index contributed by atoms with van der Waals surface area (Å²) in [4.78, 5) is 51.0. The van der Waals surface area contributed by atoms with Gasteiger partial charge in [-0.15, -0.1) is 0 Å². The molecule has 1 aliphatic rings. The fourth-order valence-electron chi connectivity index (χ4n) is 3.97. The van der Waals surface area contributed by atoms with Crippen LogP contribution in [0.4, 0.5) is 4.39 Å². The van der Waals surface area contributed by atoms with Crippen LogP contribution in [0.1, 0.15) is 49.0 Å². The zero-order valence-electron chi connectivity index (χ0n) is 21.7. The number of halogens is 1. The lowest BCUT2D eigenvalue weighted by Gasteiger charge is -2.24. The van der Waals surface area contributed by atoms with E-state index in [1.165, 1.54) is 6.07 Å². The standard InChI is InChI=1S/C28H35FN4O5/c1-18(2)23-17-38-24-10-6-4-8-20(24)27(36)33-22(11-12-25(34)30-16-14-26(35)32-23)28(37)31-15-13-19-7-3-5-9-21(19)29/h3-10,18,22-23H,11-17H2,1-2H3,(H,30,34)(H,31,37)(H,32,35)(H,33,36)/t22-,23-/m0/s1. The fourth-order valence-corrected chi connectivity index (χ4v) is 3.97. The molecule has 3 rings (SSSR count). The second kappa shape index (κ2) is 14.1. The Kier molecular flexibility index (Phi) is 10.6. The van der Waals surface area contributed by atoms with Gasteiger partial charge in [0.25, 0.3) is 5.91 Å². The molecule has 9 nitrogen and oxygen atoms in total. The number of benzene rings is 2. The third-order valence-electron chi connectivity index (χ3n) is 6.31. The van der Waals surface area contributed by atoms with E-state index < -0.39 is 17.9 Å². The highest BCUT2D eigenvalue weighted by Gasteiger charge is 2.25. The number of rotatable bonds is 5. The Bertz CT molecular complexity index is 1140. The average Bonchev–Trinajstić information content (AvgIpc) is 2.89. The highest BCUT2D eigenvalue weighted by molar-refractivity contribution is 5.99. The summed E-state index contributed by atoms with van der Waals surface area (Å²) in [6.07, 6.45) is 0.366. The quantitative estimate of drug-likeness (QED) is 0.475. The van der Waals surface area contributed by atoms with Gasteiger partial charge >= 0.3 is 0 Å². The second-order valence-electron chi connectivity index (χ2n) is 9.52. The van der Waals surface area contributed by atoms with Crippen molar-refractivity contribution >= 4 is 23.6 Å². The largest absolute Gasteiger partial charge is 0.491 e. The Hall–Kier alpha value is -3.95. The van der Waals surface area contributed by atoms with Gasteiger partial charge in [-0.2, -0.15) is 0 Å². The van der Waals surface area contributed by atoms with Crippen LogP contribution in [0.25, 0.3) is 0 Å². The SMILES string of the molecule is CC(C)[C@@H]1COc2ccccc2C(=O)N[C@H](C(=O)NCCc2ccccc2F)CCC(=O)NCCC(=O)N1. The number of amides is 4. The van der Waals surface area contributed by atoms with Crippen molar-refractivity contribution in [1.82, 2.24) is 21.3 Å². The Morgan fingerprint density at radius 3 is 2.53 bits per heavy atom. The van der Waals surface area contributed by atoms with Crippen molar-refractivity contribution in [3.05, 3.63) is 65.5 Å². The molecule has 204 valence electrons. The number of carbonyl (C=O) groups excluding carboxylic acids is 4. The van der Waals surface area contributed by atoms with E-state index >= 15 is 0 Å². The van der Waals surface area contributed by atoms with Crippen LogP contribution in [-0.4, -0.2) is 55.4 Å². The van der Waals surface area contributed by atoms with Gasteiger partial charge in [-0.3, -0.25) is 19.2 Å². The molecule has 1 aliphatic heterocycles. The number of hydrogen-bond donors (Lipinski definition) is 4. The monoisotopic (exact) mass is 526 g/mol. The van der Waals surface area contributed by atoms with Crippen LogP contribution in [0.5, 0.6) is 5.75 Å². The molecule has 0 unspecified atom stereocenters. The topological polar surface area (TPSA) is 126 Å². The Morgan fingerprint density at radius 1 is 1.03 bits per heavy atom. The summed E-state index contributed by atoms with van der Waals surface area (Å²) in [5.41, 5.74) is 0.686. The third-order valence-corrected chi connectivity index (χ3v) is 6.31. The zero-order chi connectivity index (χ0) is 27.5. The van der Waals surface area contributed by atoms with Gasteiger partial charge in [-0.25, -0.2) is 4.39 Å². The first kappa shape index (κ1) is 28.6. The molecule has 2 atom stereocenters. The van der Waals surface area contributed by atoms with E-state index in [1.54, 1.807) is 42.5 Å². The first-order chi connectivity index (χ1) is 18.2. The van der Waals surface area contributed by atoms with E-state index in [1.807, 2.05) is 13.8 Å². The number of hydrogen-bond acceptors (Lipinski definition) is 5. The summed E-state index contributed by atoms with van der Waals surface area (Å²) in [7, 11) is 0. The molecule has 0 fully saturated rings. The minimum atomic E-state index is -1.01. The van der Waals surface area contributed by atoms with Crippen LogP contribution in [0.3, 0.4) is 0 Å². The summed E-state index contributed by atoms with van der Waals surface area (Å²) in [6, 6.07) is 11.6. The minimum absolute atomic E-state index is 0.0355. The summed E-state index contributed by atoms with van der Waals surface area (Å²) < 4.78 is 19.9. The molecule has 0 saturated heterocycles. The van der Waals surface area contributed by atoms with Crippen LogP contribution < -0.4 is 26.0 Å². The van der Waals surface area contributed by atoms with E-state index in [-0.39, 0.29) is 80.5 Å². The van der Waals surface area contributed by atoms with Gasteiger partial charge in [0.2, 0.25) is 17.7 Å². The van der Waals surface area contributed by atoms with Crippen molar-refractivity contribution < 1.29 is 28.3 Å². The van der Waals surface area contributed by atoms with Crippen molar-refractivity contribution in [3.8, 4) is 5.75 Å². The van der Waals surface area contributed by atoms with Crippen LogP contribution in [0, 0.1) is 11.7 Å². The van der Waals surface area contributed by atoms with Gasteiger partial charge in [0.05, 0.1) is 11.6 Å². The smallest absolute Gasteiger partial charge is 0.255 e. The molecular formula is C28H35FN4O5. The lowest BCUT2D eigenvalue weighted by atomic mass is 10.0. The maximum atomic E-state index is 13.9. The van der Waals surface area contributed by atoms with E-state index in [0.29, 0.717) is 11.3 Å². The van der Waals surface area contributed by atoms with Crippen LogP contribution in [-0.2, 0) is 20.8 Å². The van der Waals surface area contributed by atoms with Crippen LogP contribution in [0.15, 0.2) is 48.5 Å². The summed E-state index contributed by atoms with van der Waals surface area (Å²) >= 11 is 0. The van der Waals surface area contributed by atoms with Crippen molar-refractivity contribution in [2.75, 3.05) is 19.7 Å². The van der Waals surface area contributed by atoms with Gasteiger partial charge in [0.15, 0.2) is 0 Å². The predicted octanol–water partition coefficient (Wildman–Crippen LogP) is 2.10. The van der Waals surface area contributed by atoms with Gasteiger partial charge in [0.1, 0.15) is 24.2 Å². The van der Waals surface area contributed by atoms with Crippen molar-refractivity contribution in [2.45, 2.75) is 51.6 Å². The highest BCUT2D eigenvalue weighted by atomic mass is 19.1. The summed E-state index contributed by atoms with van der Waals surface area (Å²) in [6.45, 7) is 4.33. The minimum Gasteiger partial charge on any atom is -0.491 e.